The second kappa shape index (κ2) is 8.05. The lowest BCUT2D eigenvalue weighted by molar-refractivity contribution is 0.181. The fraction of sp³-hybridized carbons (Fsp3) is 0.474. The topological polar surface area (TPSA) is 66.5 Å². The summed E-state index contributed by atoms with van der Waals surface area (Å²) in [7, 11) is 2.09. The number of ether oxygens (including phenoxy) is 1. The molecule has 6 nitrogen and oxygen atoms in total. The van der Waals surface area contributed by atoms with E-state index < -0.39 is 6.23 Å². The summed E-state index contributed by atoms with van der Waals surface area (Å²) in [6.45, 7) is 7.95. The lowest BCUT2D eigenvalue weighted by Gasteiger charge is -2.20. The molecule has 1 aliphatic heterocycles. The van der Waals surface area contributed by atoms with Crippen molar-refractivity contribution in [2.24, 2.45) is 0 Å². The largest absolute Gasteiger partial charge is 0.471 e. The number of hydrogen-bond donors (Lipinski definition) is 2. The van der Waals surface area contributed by atoms with Crippen LogP contribution in [0, 0.1) is 0 Å². The lowest BCUT2D eigenvalue weighted by Crippen LogP contribution is -2.39. The molecule has 2 heterocycles. The van der Waals surface area contributed by atoms with Crippen molar-refractivity contribution in [1.82, 2.24) is 15.2 Å². The van der Waals surface area contributed by atoms with Crippen LogP contribution in [0.4, 0.5) is 9.93 Å². The fourth-order valence-corrected chi connectivity index (χ4v) is 4.06. The molecule has 0 radical (unpaired) electrons. The first kappa shape index (κ1) is 18.7. The van der Waals surface area contributed by atoms with Gasteiger partial charge in [-0.15, -0.1) is 11.3 Å². The summed E-state index contributed by atoms with van der Waals surface area (Å²) in [5.41, 5.74) is 2.22. The molecule has 2 aromatic rings. The van der Waals surface area contributed by atoms with E-state index >= 15 is 0 Å². The van der Waals surface area contributed by atoms with Crippen molar-refractivity contribution in [3.05, 3.63) is 40.4 Å². The Kier molecular flexibility index (Phi) is 5.78. The average molecular weight is 375 g/mol. The number of likely N-dealkylation sites (N-methyl/N-ethyl adjacent to an activating group) is 1. The summed E-state index contributed by atoms with van der Waals surface area (Å²) in [5, 5.41) is 6.28. The number of benzene rings is 1. The first-order valence-electron chi connectivity index (χ1n) is 8.92. The van der Waals surface area contributed by atoms with Gasteiger partial charge in [-0.3, -0.25) is 5.32 Å². The molecule has 2 amide bonds. The van der Waals surface area contributed by atoms with Crippen LogP contribution in [0.5, 0.6) is 5.75 Å². The van der Waals surface area contributed by atoms with Gasteiger partial charge in [0.1, 0.15) is 5.75 Å². The molecular formula is C19H26N4O2S. The standard InChI is InChI=1S/C19H26N4O2S/c1-12(2)14-7-5-6-8-16(14)25-13(3)20-18(24)22-19-21-15-9-10-23(4)11-17(15)26-19/h5-8,12-13H,9-11H2,1-4H3,(H2,20,21,22,24). The van der Waals surface area contributed by atoms with Crippen molar-refractivity contribution in [3.63, 3.8) is 0 Å². The first-order valence-corrected chi connectivity index (χ1v) is 9.74. The summed E-state index contributed by atoms with van der Waals surface area (Å²) in [4.78, 5) is 20.3. The van der Waals surface area contributed by atoms with Crippen molar-refractivity contribution >= 4 is 22.5 Å². The molecule has 0 aliphatic carbocycles. The molecule has 0 fully saturated rings. The minimum Gasteiger partial charge on any atom is -0.471 e. The lowest BCUT2D eigenvalue weighted by atomic mass is 10.0. The Bertz CT molecular complexity index is 775. The third-order valence-corrected chi connectivity index (χ3v) is 5.32. The van der Waals surface area contributed by atoms with E-state index in [0.29, 0.717) is 11.0 Å². The Morgan fingerprint density at radius 2 is 2.08 bits per heavy atom. The zero-order chi connectivity index (χ0) is 18.7. The van der Waals surface area contributed by atoms with Gasteiger partial charge in [-0.1, -0.05) is 32.0 Å². The minimum absolute atomic E-state index is 0.307. The smallest absolute Gasteiger partial charge is 0.323 e. The van der Waals surface area contributed by atoms with Gasteiger partial charge in [0.15, 0.2) is 11.4 Å². The second-order valence-corrected chi connectivity index (χ2v) is 8.01. The molecule has 0 bridgehead atoms. The van der Waals surface area contributed by atoms with Crippen molar-refractivity contribution in [3.8, 4) is 5.75 Å². The monoisotopic (exact) mass is 374 g/mol. The van der Waals surface area contributed by atoms with Gasteiger partial charge < -0.3 is 15.0 Å². The van der Waals surface area contributed by atoms with Crippen LogP contribution >= 0.6 is 11.3 Å². The van der Waals surface area contributed by atoms with E-state index in [9.17, 15) is 4.79 Å². The first-order chi connectivity index (χ1) is 12.4. The highest BCUT2D eigenvalue weighted by molar-refractivity contribution is 7.15. The van der Waals surface area contributed by atoms with Crippen LogP contribution in [0.3, 0.4) is 0 Å². The molecular weight excluding hydrogens is 348 g/mol. The number of carbonyl (C=O) groups excluding carboxylic acids is 1. The molecule has 1 unspecified atom stereocenters. The van der Waals surface area contributed by atoms with Crippen LogP contribution in [-0.4, -0.2) is 35.7 Å². The summed E-state index contributed by atoms with van der Waals surface area (Å²) >= 11 is 1.54. The number of amides is 2. The number of anilines is 1. The number of nitrogens with zero attached hydrogens (tertiary/aromatic N) is 2. The third kappa shape index (κ3) is 4.53. The molecule has 26 heavy (non-hydrogen) atoms. The maximum absolute atomic E-state index is 12.3. The fourth-order valence-electron chi connectivity index (χ4n) is 2.98. The van der Waals surface area contributed by atoms with Gasteiger partial charge in [0.25, 0.3) is 0 Å². The number of hydrogen-bond acceptors (Lipinski definition) is 5. The molecule has 140 valence electrons. The summed E-state index contributed by atoms with van der Waals surface area (Å²) < 4.78 is 5.91. The third-order valence-electron chi connectivity index (χ3n) is 4.32. The van der Waals surface area contributed by atoms with E-state index in [4.69, 9.17) is 4.74 Å². The van der Waals surface area contributed by atoms with Gasteiger partial charge in [-0.2, -0.15) is 0 Å². The van der Waals surface area contributed by atoms with Gasteiger partial charge in [0, 0.05) is 24.4 Å². The van der Waals surface area contributed by atoms with E-state index in [1.54, 1.807) is 0 Å². The quantitative estimate of drug-likeness (QED) is 0.781. The van der Waals surface area contributed by atoms with E-state index in [2.05, 4.69) is 41.4 Å². The number of para-hydroxylation sites is 1. The zero-order valence-corrected chi connectivity index (χ0v) is 16.5. The Morgan fingerprint density at radius 3 is 2.85 bits per heavy atom. The van der Waals surface area contributed by atoms with Crippen LogP contribution in [0.1, 0.15) is 42.8 Å². The van der Waals surface area contributed by atoms with Crippen LogP contribution in [0.2, 0.25) is 0 Å². The van der Waals surface area contributed by atoms with E-state index in [-0.39, 0.29) is 6.03 Å². The van der Waals surface area contributed by atoms with Gasteiger partial charge in [0.2, 0.25) is 0 Å². The van der Waals surface area contributed by atoms with Crippen molar-refractivity contribution < 1.29 is 9.53 Å². The second-order valence-electron chi connectivity index (χ2n) is 6.93. The van der Waals surface area contributed by atoms with Crippen molar-refractivity contribution in [2.75, 3.05) is 18.9 Å². The number of thiazole rings is 1. The average Bonchev–Trinajstić information content (AvgIpc) is 2.95. The molecule has 3 rings (SSSR count). The molecule has 0 spiro atoms. The maximum Gasteiger partial charge on any atom is 0.323 e. The summed E-state index contributed by atoms with van der Waals surface area (Å²) in [5.74, 6) is 1.15. The number of nitrogens with one attached hydrogen (secondary N) is 2. The predicted octanol–water partition coefficient (Wildman–Crippen LogP) is 3.80. The molecule has 1 aliphatic rings. The maximum atomic E-state index is 12.3. The van der Waals surface area contributed by atoms with Crippen LogP contribution in [-0.2, 0) is 13.0 Å². The summed E-state index contributed by atoms with van der Waals surface area (Å²) in [6, 6.07) is 7.60. The molecule has 7 heteroatoms. The molecule has 1 aromatic heterocycles. The van der Waals surface area contributed by atoms with Gasteiger partial charge in [-0.05, 0) is 31.5 Å². The van der Waals surface area contributed by atoms with Gasteiger partial charge >= 0.3 is 6.03 Å². The number of carbonyl (C=O) groups is 1. The number of urea groups is 1. The molecule has 2 N–H and O–H groups in total. The SMILES string of the molecule is CC(NC(=O)Nc1nc2c(s1)CN(C)CC2)Oc1ccccc1C(C)C. The van der Waals surface area contributed by atoms with Crippen LogP contribution < -0.4 is 15.4 Å². The molecule has 0 saturated heterocycles. The van der Waals surface area contributed by atoms with Crippen molar-refractivity contribution in [1.29, 1.82) is 0 Å². The van der Waals surface area contributed by atoms with E-state index in [1.807, 2.05) is 31.2 Å². The minimum atomic E-state index is -0.448. The molecule has 1 aromatic carbocycles. The normalized spacial score (nSPS) is 15.4. The zero-order valence-electron chi connectivity index (χ0n) is 15.7. The van der Waals surface area contributed by atoms with Crippen LogP contribution in [0.25, 0.3) is 0 Å². The van der Waals surface area contributed by atoms with Gasteiger partial charge in [0.05, 0.1) is 5.69 Å². The van der Waals surface area contributed by atoms with E-state index in [0.717, 1.165) is 36.5 Å². The predicted molar refractivity (Wildman–Crippen MR) is 105 cm³/mol. The Hall–Kier alpha value is -2.12. The Morgan fingerprint density at radius 1 is 1.31 bits per heavy atom. The number of aromatic nitrogens is 1. The Balaban J connectivity index is 1.57. The van der Waals surface area contributed by atoms with Crippen LogP contribution in [0.15, 0.2) is 24.3 Å². The highest BCUT2D eigenvalue weighted by Crippen LogP contribution is 2.28. The van der Waals surface area contributed by atoms with Gasteiger partial charge in [-0.25, -0.2) is 9.78 Å². The molecule has 1 atom stereocenters. The number of fused-ring (bicyclic) bond motifs is 1. The number of rotatable bonds is 5. The Labute approximate surface area is 158 Å². The highest BCUT2D eigenvalue weighted by Gasteiger charge is 2.19. The summed E-state index contributed by atoms with van der Waals surface area (Å²) in [6.07, 6.45) is 0.479. The highest BCUT2D eigenvalue weighted by atomic mass is 32.1. The van der Waals surface area contributed by atoms with E-state index in [1.165, 1.54) is 16.2 Å². The molecule has 0 saturated carbocycles. The van der Waals surface area contributed by atoms with Crippen molar-refractivity contribution in [2.45, 2.75) is 45.9 Å².